The first-order valence-corrected chi connectivity index (χ1v) is 7.07. The highest BCUT2D eigenvalue weighted by Gasteiger charge is 2.16. The number of anilines is 3. The van der Waals surface area contributed by atoms with E-state index in [0.29, 0.717) is 24.4 Å². The van der Waals surface area contributed by atoms with Crippen molar-refractivity contribution in [2.45, 2.75) is 39.8 Å². The van der Waals surface area contributed by atoms with Crippen molar-refractivity contribution in [3.8, 4) is 0 Å². The van der Waals surface area contributed by atoms with Gasteiger partial charge in [-0.3, -0.25) is 4.79 Å². The molecule has 1 heterocycles. The second-order valence-electron chi connectivity index (χ2n) is 5.24. The number of carbonyl (C=O) groups excluding carboxylic acids is 1. The monoisotopic (exact) mass is 295 g/mol. The predicted octanol–water partition coefficient (Wildman–Crippen LogP) is 0.694. The van der Waals surface area contributed by atoms with Gasteiger partial charge < -0.3 is 20.9 Å². The zero-order valence-electron chi connectivity index (χ0n) is 13.6. The third-order valence-electron chi connectivity index (χ3n) is 2.53. The quantitative estimate of drug-likeness (QED) is 0.681. The summed E-state index contributed by atoms with van der Waals surface area (Å²) in [6.07, 6.45) is 0. The number of rotatable bonds is 7. The maximum Gasteiger partial charge on any atom is 0.242 e. The fourth-order valence-electron chi connectivity index (χ4n) is 1.54. The summed E-state index contributed by atoms with van der Waals surface area (Å²) in [7, 11) is 3.70. The summed E-state index contributed by atoms with van der Waals surface area (Å²) < 4.78 is 0. The molecular formula is C13H25N7O. The van der Waals surface area contributed by atoms with Crippen molar-refractivity contribution in [1.82, 2.24) is 20.3 Å². The lowest BCUT2D eigenvalue weighted by molar-refractivity contribution is -0.122. The van der Waals surface area contributed by atoms with E-state index in [9.17, 15) is 4.79 Å². The Bertz CT molecular complexity index is 476. The van der Waals surface area contributed by atoms with E-state index in [1.165, 1.54) is 0 Å². The lowest BCUT2D eigenvalue weighted by Crippen LogP contribution is -2.41. The molecule has 3 N–H and O–H groups in total. The molecule has 1 aromatic heterocycles. The summed E-state index contributed by atoms with van der Waals surface area (Å²) >= 11 is 0. The molecule has 0 radical (unpaired) electrons. The van der Waals surface area contributed by atoms with Gasteiger partial charge in [-0.05, 0) is 27.7 Å². The largest absolute Gasteiger partial charge is 0.354 e. The Morgan fingerprint density at radius 3 is 2.29 bits per heavy atom. The Kier molecular flexibility index (Phi) is 6.13. The lowest BCUT2D eigenvalue weighted by Gasteiger charge is -2.18. The van der Waals surface area contributed by atoms with E-state index in [-0.39, 0.29) is 11.9 Å². The van der Waals surface area contributed by atoms with Crippen LogP contribution < -0.4 is 20.9 Å². The van der Waals surface area contributed by atoms with Crippen LogP contribution in [0, 0.1) is 0 Å². The first-order valence-electron chi connectivity index (χ1n) is 7.07. The highest BCUT2D eigenvalue weighted by atomic mass is 16.2. The average Bonchev–Trinajstić information content (AvgIpc) is 2.37. The van der Waals surface area contributed by atoms with Gasteiger partial charge in [0.2, 0.25) is 23.8 Å². The van der Waals surface area contributed by atoms with Gasteiger partial charge in [0.25, 0.3) is 0 Å². The maximum atomic E-state index is 11.9. The average molecular weight is 295 g/mol. The van der Waals surface area contributed by atoms with Gasteiger partial charge >= 0.3 is 0 Å². The molecule has 1 amide bonds. The second kappa shape index (κ2) is 7.61. The molecule has 0 aromatic carbocycles. The van der Waals surface area contributed by atoms with E-state index in [4.69, 9.17) is 0 Å². The number of nitrogens with one attached hydrogen (secondary N) is 3. The molecule has 0 saturated carbocycles. The van der Waals surface area contributed by atoms with E-state index in [1.54, 1.807) is 11.8 Å². The minimum absolute atomic E-state index is 0.0924. The number of hydrogen-bond donors (Lipinski definition) is 3. The van der Waals surface area contributed by atoms with Gasteiger partial charge in [-0.15, -0.1) is 0 Å². The smallest absolute Gasteiger partial charge is 0.242 e. The Morgan fingerprint density at radius 2 is 1.76 bits per heavy atom. The van der Waals surface area contributed by atoms with E-state index in [2.05, 4.69) is 30.9 Å². The molecule has 0 fully saturated rings. The van der Waals surface area contributed by atoms with Crippen molar-refractivity contribution < 1.29 is 4.79 Å². The van der Waals surface area contributed by atoms with Gasteiger partial charge in [0.05, 0.1) is 0 Å². The molecule has 0 aliphatic rings. The molecule has 0 aliphatic heterocycles. The third-order valence-corrected chi connectivity index (χ3v) is 2.53. The van der Waals surface area contributed by atoms with Crippen LogP contribution in [0.15, 0.2) is 0 Å². The number of carbonyl (C=O) groups is 1. The highest BCUT2D eigenvalue weighted by molar-refractivity contribution is 5.83. The van der Waals surface area contributed by atoms with Crippen LogP contribution in [0.5, 0.6) is 0 Å². The zero-order chi connectivity index (χ0) is 16.0. The Hall–Kier alpha value is -2.12. The Morgan fingerprint density at radius 1 is 1.14 bits per heavy atom. The van der Waals surface area contributed by atoms with Crippen LogP contribution in [0.1, 0.15) is 27.7 Å². The van der Waals surface area contributed by atoms with Crippen molar-refractivity contribution >= 4 is 23.8 Å². The summed E-state index contributed by atoms with van der Waals surface area (Å²) in [6, 6.07) is -0.339. The molecule has 0 bridgehead atoms. The van der Waals surface area contributed by atoms with Crippen LogP contribution in [0.3, 0.4) is 0 Å². The summed E-state index contributed by atoms with van der Waals surface area (Å²) in [6.45, 7) is 8.27. The van der Waals surface area contributed by atoms with Crippen molar-refractivity contribution in [1.29, 1.82) is 0 Å². The summed E-state index contributed by atoms with van der Waals surface area (Å²) in [5.74, 6) is 1.29. The molecule has 1 atom stereocenters. The fourth-order valence-corrected chi connectivity index (χ4v) is 1.54. The fraction of sp³-hybridized carbons (Fsp3) is 0.692. The zero-order valence-corrected chi connectivity index (χ0v) is 13.6. The first-order chi connectivity index (χ1) is 9.83. The van der Waals surface area contributed by atoms with Crippen LogP contribution in [-0.4, -0.2) is 53.6 Å². The van der Waals surface area contributed by atoms with Crippen LogP contribution >= 0.6 is 0 Å². The number of hydrogen-bond acceptors (Lipinski definition) is 7. The minimum atomic E-state index is -0.431. The SMILES string of the molecule is CCNc1nc(NC(C)C(=O)NC(C)C)nc(N(C)C)n1. The molecule has 21 heavy (non-hydrogen) atoms. The van der Waals surface area contributed by atoms with E-state index < -0.39 is 6.04 Å². The number of amides is 1. The molecule has 8 nitrogen and oxygen atoms in total. The summed E-state index contributed by atoms with van der Waals surface area (Å²) in [4.78, 5) is 26.5. The Balaban J connectivity index is 2.88. The van der Waals surface area contributed by atoms with Crippen LogP contribution in [-0.2, 0) is 4.79 Å². The van der Waals surface area contributed by atoms with Crippen molar-refractivity contribution in [3.63, 3.8) is 0 Å². The topological polar surface area (TPSA) is 95.1 Å². The lowest BCUT2D eigenvalue weighted by atomic mass is 10.3. The minimum Gasteiger partial charge on any atom is -0.354 e. The van der Waals surface area contributed by atoms with E-state index >= 15 is 0 Å². The normalized spacial score (nSPS) is 12.0. The van der Waals surface area contributed by atoms with Gasteiger partial charge in [-0.2, -0.15) is 15.0 Å². The molecule has 1 rings (SSSR count). The first kappa shape index (κ1) is 16.9. The summed E-state index contributed by atoms with van der Waals surface area (Å²) in [5.41, 5.74) is 0. The van der Waals surface area contributed by atoms with Crippen LogP contribution in [0.25, 0.3) is 0 Å². The third kappa shape index (κ3) is 5.41. The van der Waals surface area contributed by atoms with Crippen molar-refractivity contribution in [3.05, 3.63) is 0 Å². The molecule has 1 unspecified atom stereocenters. The molecule has 1 aromatic rings. The number of aromatic nitrogens is 3. The predicted molar refractivity (Wildman–Crippen MR) is 84.7 cm³/mol. The van der Waals surface area contributed by atoms with Crippen LogP contribution in [0.4, 0.5) is 17.8 Å². The van der Waals surface area contributed by atoms with E-state index in [0.717, 1.165) is 0 Å². The van der Waals surface area contributed by atoms with Gasteiger partial charge in [0, 0.05) is 26.7 Å². The maximum absolute atomic E-state index is 11.9. The van der Waals surface area contributed by atoms with Crippen LogP contribution in [0.2, 0.25) is 0 Å². The number of nitrogens with zero attached hydrogens (tertiary/aromatic N) is 4. The molecule has 8 heteroatoms. The Labute approximate surface area is 125 Å². The van der Waals surface area contributed by atoms with Gasteiger partial charge in [0.15, 0.2) is 0 Å². The second-order valence-corrected chi connectivity index (χ2v) is 5.24. The van der Waals surface area contributed by atoms with E-state index in [1.807, 2.05) is 34.9 Å². The van der Waals surface area contributed by atoms with Gasteiger partial charge in [-0.1, -0.05) is 0 Å². The standard InChI is InChI=1S/C13H25N7O/c1-7-14-11-17-12(19-13(18-11)20(5)6)16-9(4)10(21)15-8(2)3/h8-9H,7H2,1-6H3,(H,15,21)(H2,14,16,17,18,19). The molecule has 0 spiro atoms. The van der Waals surface area contributed by atoms with Crippen molar-refractivity contribution in [2.75, 3.05) is 36.2 Å². The van der Waals surface area contributed by atoms with Gasteiger partial charge in [-0.25, -0.2) is 0 Å². The molecule has 118 valence electrons. The molecular weight excluding hydrogens is 270 g/mol. The molecule has 0 aliphatic carbocycles. The molecule has 0 saturated heterocycles. The summed E-state index contributed by atoms with van der Waals surface area (Å²) in [5, 5.41) is 8.89. The van der Waals surface area contributed by atoms with Crippen molar-refractivity contribution in [2.24, 2.45) is 0 Å². The highest BCUT2D eigenvalue weighted by Crippen LogP contribution is 2.12. The van der Waals surface area contributed by atoms with Gasteiger partial charge in [0.1, 0.15) is 6.04 Å².